The number of rotatable bonds is 9. The van der Waals surface area contributed by atoms with E-state index in [4.69, 9.17) is 16.6 Å². The number of halogens is 1. The van der Waals surface area contributed by atoms with Gasteiger partial charge in [0.05, 0.1) is 5.39 Å². The van der Waals surface area contributed by atoms with E-state index in [0.29, 0.717) is 29.0 Å². The monoisotopic (exact) mass is 556 g/mol. The fourth-order valence-corrected chi connectivity index (χ4v) is 7.62. The van der Waals surface area contributed by atoms with Gasteiger partial charge in [-0.1, -0.05) is 47.6 Å². The molecule has 1 N–H and O–H groups in total. The summed E-state index contributed by atoms with van der Waals surface area (Å²) in [5.41, 5.74) is 2.21. The third kappa shape index (κ3) is 5.44. The van der Waals surface area contributed by atoms with E-state index in [2.05, 4.69) is 16.9 Å². The van der Waals surface area contributed by atoms with Crippen LogP contribution in [0.15, 0.2) is 53.1 Å². The highest BCUT2D eigenvalue weighted by Crippen LogP contribution is 2.35. The van der Waals surface area contributed by atoms with Crippen LogP contribution in [0.5, 0.6) is 0 Å². The SMILES string of the molecule is C=CCn1c(SCCC(=O)Nc2ncc(Cc3ccccc3Cl)s2)nc2sc3c(c2c1=O)CCCC3. The molecule has 0 aliphatic heterocycles. The molecule has 1 aliphatic rings. The first kappa shape index (κ1) is 25.2. The number of benzene rings is 1. The molecule has 10 heteroatoms. The molecule has 0 spiro atoms. The minimum absolute atomic E-state index is 0.0000796. The van der Waals surface area contributed by atoms with Gasteiger partial charge in [-0.15, -0.1) is 29.3 Å². The van der Waals surface area contributed by atoms with Crippen molar-refractivity contribution in [2.24, 2.45) is 0 Å². The maximum atomic E-state index is 13.3. The number of hydrogen-bond donors (Lipinski definition) is 1. The highest BCUT2D eigenvalue weighted by Gasteiger charge is 2.22. The van der Waals surface area contributed by atoms with Crippen LogP contribution in [0.2, 0.25) is 5.02 Å². The van der Waals surface area contributed by atoms with Crippen molar-refractivity contribution < 1.29 is 4.79 Å². The van der Waals surface area contributed by atoms with Gasteiger partial charge in [-0.05, 0) is 42.9 Å². The average Bonchev–Trinajstić information content (AvgIpc) is 3.46. The van der Waals surface area contributed by atoms with E-state index < -0.39 is 0 Å². The number of fused-ring (bicyclic) bond motifs is 3. The Bertz CT molecular complexity index is 1490. The summed E-state index contributed by atoms with van der Waals surface area (Å²) in [4.78, 5) is 38.2. The summed E-state index contributed by atoms with van der Waals surface area (Å²) < 4.78 is 1.68. The van der Waals surface area contributed by atoms with Gasteiger partial charge < -0.3 is 5.32 Å². The van der Waals surface area contributed by atoms with Gasteiger partial charge in [-0.25, -0.2) is 9.97 Å². The standard InChI is InChI=1S/C26H25ClN4O2S3/c1-2-12-31-24(33)22-18-8-4-6-10-20(18)36-23(22)30-26(31)34-13-11-21(32)29-25-28-15-17(35-25)14-16-7-3-5-9-19(16)27/h2-3,5,7,9,15H,1,4,6,8,10-14H2,(H,28,29,32). The van der Waals surface area contributed by atoms with Gasteiger partial charge in [0.25, 0.3) is 5.56 Å². The molecule has 186 valence electrons. The number of aromatic nitrogens is 3. The number of amides is 1. The number of hydrogen-bond acceptors (Lipinski definition) is 7. The summed E-state index contributed by atoms with van der Waals surface area (Å²) in [6.45, 7) is 4.21. The van der Waals surface area contributed by atoms with E-state index >= 15 is 0 Å². The lowest BCUT2D eigenvalue weighted by atomic mass is 9.97. The second-order valence-electron chi connectivity index (χ2n) is 8.54. The summed E-state index contributed by atoms with van der Waals surface area (Å²) in [7, 11) is 0. The molecular formula is C26H25ClN4O2S3. The number of thiophene rings is 1. The van der Waals surface area contributed by atoms with Gasteiger partial charge in [0, 0.05) is 46.1 Å². The Kier molecular flexibility index (Phi) is 7.90. The smallest absolute Gasteiger partial charge is 0.263 e. The van der Waals surface area contributed by atoms with Crippen LogP contribution in [0.4, 0.5) is 5.13 Å². The molecule has 0 fully saturated rings. The summed E-state index contributed by atoms with van der Waals surface area (Å²) in [6, 6.07) is 7.71. The number of aryl methyl sites for hydroxylation is 2. The van der Waals surface area contributed by atoms with Gasteiger partial charge in [-0.3, -0.25) is 14.2 Å². The molecule has 4 aromatic rings. The third-order valence-electron chi connectivity index (χ3n) is 6.03. The molecule has 1 aromatic carbocycles. The van der Waals surface area contributed by atoms with E-state index in [1.165, 1.54) is 33.5 Å². The molecule has 0 saturated carbocycles. The molecule has 36 heavy (non-hydrogen) atoms. The normalized spacial score (nSPS) is 13.0. The molecule has 6 nitrogen and oxygen atoms in total. The zero-order chi connectivity index (χ0) is 25.1. The number of allylic oxidation sites excluding steroid dienone is 1. The highest BCUT2D eigenvalue weighted by atomic mass is 35.5. The largest absolute Gasteiger partial charge is 0.302 e. The van der Waals surface area contributed by atoms with E-state index in [1.54, 1.807) is 28.2 Å². The first-order valence-corrected chi connectivity index (χ1v) is 14.8. The first-order valence-electron chi connectivity index (χ1n) is 11.8. The zero-order valence-corrected chi connectivity index (χ0v) is 22.8. The number of thiazole rings is 1. The molecule has 5 rings (SSSR count). The summed E-state index contributed by atoms with van der Waals surface area (Å²) in [5.74, 6) is 0.385. The summed E-state index contributed by atoms with van der Waals surface area (Å²) in [5, 5.41) is 5.58. The molecule has 0 bridgehead atoms. The van der Waals surface area contributed by atoms with Crippen LogP contribution in [-0.4, -0.2) is 26.2 Å². The van der Waals surface area contributed by atoms with Gasteiger partial charge in [0.1, 0.15) is 4.83 Å². The van der Waals surface area contributed by atoms with Crippen LogP contribution >= 0.6 is 46.0 Å². The van der Waals surface area contributed by atoms with Crippen molar-refractivity contribution in [2.75, 3.05) is 11.1 Å². The Hall–Kier alpha value is -2.46. The average molecular weight is 557 g/mol. The van der Waals surface area contributed by atoms with Crippen LogP contribution in [-0.2, 0) is 30.6 Å². The fourth-order valence-electron chi connectivity index (χ4n) is 4.31. The van der Waals surface area contributed by atoms with Crippen molar-refractivity contribution in [1.29, 1.82) is 0 Å². The Morgan fingerprint density at radius 3 is 2.92 bits per heavy atom. The molecule has 3 aromatic heterocycles. The van der Waals surface area contributed by atoms with Gasteiger partial charge in [-0.2, -0.15) is 0 Å². The summed E-state index contributed by atoms with van der Waals surface area (Å²) in [6.07, 6.45) is 8.70. The maximum Gasteiger partial charge on any atom is 0.263 e. The van der Waals surface area contributed by atoms with Crippen molar-refractivity contribution in [1.82, 2.24) is 14.5 Å². The van der Waals surface area contributed by atoms with Crippen molar-refractivity contribution >= 4 is 67.3 Å². The Morgan fingerprint density at radius 1 is 1.25 bits per heavy atom. The van der Waals surface area contributed by atoms with Crippen molar-refractivity contribution in [2.45, 2.75) is 50.2 Å². The number of anilines is 1. The zero-order valence-electron chi connectivity index (χ0n) is 19.6. The molecule has 1 aliphatic carbocycles. The molecule has 0 radical (unpaired) electrons. The predicted octanol–water partition coefficient (Wildman–Crippen LogP) is 6.34. The Labute approximate surface area is 226 Å². The molecule has 0 unspecified atom stereocenters. The van der Waals surface area contributed by atoms with Crippen molar-refractivity contribution in [3.63, 3.8) is 0 Å². The lowest BCUT2D eigenvalue weighted by Gasteiger charge is -2.12. The van der Waals surface area contributed by atoms with E-state index in [0.717, 1.165) is 51.4 Å². The second kappa shape index (κ2) is 11.3. The molecule has 1 amide bonds. The van der Waals surface area contributed by atoms with Crippen LogP contribution in [0, 0.1) is 0 Å². The molecule has 0 atom stereocenters. The van der Waals surface area contributed by atoms with Crippen molar-refractivity contribution in [3.05, 3.63) is 79.4 Å². The van der Waals surface area contributed by atoms with Crippen LogP contribution in [0.25, 0.3) is 10.2 Å². The molecule has 3 heterocycles. The van der Waals surface area contributed by atoms with E-state index in [-0.39, 0.29) is 17.9 Å². The number of carbonyl (C=O) groups excluding carboxylic acids is 1. The maximum absolute atomic E-state index is 13.3. The fraction of sp³-hybridized carbons (Fsp3) is 0.308. The first-order chi connectivity index (χ1) is 17.5. The number of nitrogens with one attached hydrogen (secondary N) is 1. The lowest BCUT2D eigenvalue weighted by Crippen LogP contribution is -2.23. The quantitative estimate of drug-likeness (QED) is 0.148. The van der Waals surface area contributed by atoms with E-state index in [9.17, 15) is 9.59 Å². The number of nitrogens with zero attached hydrogens (tertiary/aromatic N) is 3. The predicted molar refractivity (Wildman–Crippen MR) is 151 cm³/mol. The third-order valence-corrected chi connectivity index (χ3v) is 9.48. The lowest BCUT2D eigenvalue weighted by molar-refractivity contribution is -0.115. The number of thioether (sulfide) groups is 1. The molecular weight excluding hydrogens is 532 g/mol. The van der Waals surface area contributed by atoms with Gasteiger partial charge in [0.15, 0.2) is 10.3 Å². The van der Waals surface area contributed by atoms with E-state index in [1.807, 2.05) is 24.3 Å². The minimum Gasteiger partial charge on any atom is -0.302 e. The second-order valence-corrected chi connectivity index (χ2v) is 12.2. The number of carbonyl (C=O) groups is 1. The van der Waals surface area contributed by atoms with Crippen LogP contribution in [0.1, 0.15) is 40.1 Å². The highest BCUT2D eigenvalue weighted by molar-refractivity contribution is 7.99. The topological polar surface area (TPSA) is 76.9 Å². The van der Waals surface area contributed by atoms with Crippen LogP contribution < -0.4 is 10.9 Å². The Morgan fingerprint density at radius 2 is 2.08 bits per heavy atom. The Balaban J connectivity index is 1.23. The summed E-state index contributed by atoms with van der Waals surface area (Å²) >= 11 is 10.8. The minimum atomic E-state index is -0.119. The van der Waals surface area contributed by atoms with Gasteiger partial charge in [0.2, 0.25) is 5.91 Å². The van der Waals surface area contributed by atoms with Crippen molar-refractivity contribution in [3.8, 4) is 0 Å². The molecule has 0 saturated heterocycles. The van der Waals surface area contributed by atoms with Crippen LogP contribution in [0.3, 0.4) is 0 Å². The van der Waals surface area contributed by atoms with Gasteiger partial charge >= 0.3 is 0 Å².